The van der Waals surface area contributed by atoms with Crippen LogP contribution < -0.4 is 0 Å². The zero-order valence-electron chi connectivity index (χ0n) is 5.43. The van der Waals surface area contributed by atoms with E-state index >= 15 is 0 Å². The molecule has 0 unspecified atom stereocenters. The number of rotatable bonds is 1. The van der Waals surface area contributed by atoms with Crippen LogP contribution in [0.5, 0.6) is 0 Å². The molecule has 50 valence electrons. The number of esters is 2. The monoisotopic (exact) mass is 164 g/mol. The third kappa shape index (κ3) is 7.85. The second kappa shape index (κ2) is 5.98. The van der Waals surface area contributed by atoms with E-state index < -0.39 is 11.9 Å². The van der Waals surface area contributed by atoms with E-state index in [0.717, 1.165) is 0 Å². The molecule has 0 spiro atoms. The van der Waals surface area contributed by atoms with Crippen LogP contribution in [0.15, 0.2) is 0 Å². The summed E-state index contributed by atoms with van der Waals surface area (Å²) in [4.78, 5) is 20.1. The molecular formula is C5H8O3Ti. The van der Waals surface area contributed by atoms with Crippen LogP contribution in [-0.4, -0.2) is 11.9 Å². The standard InChI is InChI=1S/C5H8O3.Ti/c1-3-5(7)8-4(2)6;/h3H2,1-2H3;. The van der Waals surface area contributed by atoms with Crippen molar-refractivity contribution in [2.24, 2.45) is 0 Å². The molecule has 0 saturated heterocycles. The van der Waals surface area contributed by atoms with Gasteiger partial charge in [0.05, 0.1) is 0 Å². The summed E-state index contributed by atoms with van der Waals surface area (Å²) in [5.74, 6) is -1.02. The SMILES string of the molecule is CCC(=O)OC(C)=O.[Ti]. The molecule has 0 N–H and O–H groups in total. The summed E-state index contributed by atoms with van der Waals surface area (Å²) in [5, 5.41) is 0. The Kier molecular flexibility index (Phi) is 7.73. The predicted octanol–water partition coefficient (Wildman–Crippen LogP) is 0.484. The molecule has 0 fully saturated rings. The Morgan fingerprint density at radius 2 is 1.89 bits per heavy atom. The van der Waals surface area contributed by atoms with Crippen LogP contribution in [-0.2, 0) is 36.0 Å². The molecule has 0 rings (SSSR count). The molecule has 0 atom stereocenters. The summed E-state index contributed by atoms with van der Waals surface area (Å²) in [5.41, 5.74) is 0. The zero-order chi connectivity index (χ0) is 6.57. The summed E-state index contributed by atoms with van der Waals surface area (Å²) in [6.07, 6.45) is 0.250. The van der Waals surface area contributed by atoms with E-state index in [9.17, 15) is 9.59 Å². The molecule has 0 aliphatic heterocycles. The van der Waals surface area contributed by atoms with Gasteiger partial charge in [-0.1, -0.05) is 6.92 Å². The molecule has 0 aliphatic rings. The van der Waals surface area contributed by atoms with Crippen molar-refractivity contribution in [2.75, 3.05) is 0 Å². The predicted molar refractivity (Wildman–Crippen MR) is 27.1 cm³/mol. The van der Waals surface area contributed by atoms with Crippen molar-refractivity contribution < 1.29 is 36.0 Å². The minimum atomic E-state index is -0.545. The Labute approximate surface area is 68.6 Å². The molecule has 3 nitrogen and oxygen atoms in total. The van der Waals surface area contributed by atoms with Crippen LogP contribution in [0.25, 0.3) is 0 Å². The second-order valence-corrected chi connectivity index (χ2v) is 1.32. The summed E-state index contributed by atoms with van der Waals surface area (Å²) in [6.45, 7) is 2.83. The van der Waals surface area contributed by atoms with Gasteiger partial charge in [-0.05, 0) is 0 Å². The number of carbonyl (C=O) groups is 2. The molecule has 4 heteroatoms. The van der Waals surface area contributed by atoms with Crippen LogP contribution in [0.1, 0.15) is 20.3 Å². The molecule has 0 aromatic carbocycles. The topological polar surface area (TPSA) is 43.4 Å². The van der Waals surface area contributed by atoms with Crippen molar-refractivity contribution in [1.82, 2.24) is 0 Å². The fourth-order valence-electron chi connectivity index (χ4n) is 0.232. The Morgan fingerprint density at radius 1 is 1.44 bits per heavy atom. The molecule has 0 bridgehead atoms. The van der Waals surface area contributed by atoms with Gasteiger partial charge in [0.1, 0.15) is 0 Å². The molecule has 0 amide bonds. The second-order valence-electron chi connectivity index (χ2n) is 1.32. The maximum atomic E-state index is 10.2. The van der Waals surface area contributed by atoms with Crippen molar-refractivity contribution >= 4 is 11.9 Å². The van der Waals surface area contributed by atoms with Crippen molar-refractivity contribution in [3.05, 3.63) is 0 Å². The van der Waals surface area contributed by atoms with Crippen molar-refractivity contribution in [3.8, 4) is 0 Å². The molecule has 0 aliphatic carbocycles. The van der Waals surface area contributed by atoms with Crippen LogP contribution in [0.4, 0.5) is 0 Å². The van der Waals surface area contributed by atoms with Gasteiger partial charge in [0.2, 0.25) is 0 Å². The van der Waals surface area contributed by atoms with E-state index in [2.05, 4.69) is 4.74 Å². The maximum absolute atomic E-state index is 10.2. The largest absolute Gasteiger partial charge is 0.393 e. The molecule has 0 saturated carbocycles. The molecule has 0 radical (unpaired) electrons. The third-order valence-corrected chi connectivity index (χ3v) is 0.546. The Hall–Kier alpha value is -0.146. The van der Waals surface area contributed by atoms with Crippen LogP contribution in [0.2, 0.25) is 0 Å². The molecule has 0 aromatic rings. The summed E-state index contributed by atoms with van der Waals surface area (Å²) < 4.78 is 4.12. The first-order valence-corrected chi connectivity index (χ1v) is 2.38. The summed E-state index contributed by atoms with van der Waals surface area (Å²) in [6, 6.07) is 0. The molecular weight excluding hydrogens is 156 g/mol. The van der Waals surface area contributed by atoms with E-state index in [0.29, 0.717) is 0 Å². The zero-order valence-corrected chi connectivity index (χ0v) is 6.99. The number of carbonyl (C=O) groups excluding carboxylic acids is 2. The van der Waals surface area contributed by atoms with Gasteiger partial charge in [-0.25, -0.2) is 0 Å². The van der Waals surface area contributed by atoms with Crippen LogP contribution >= 0.6 is 0 Å². The van der Waals surface area contributed by atoms with Crippen molar-refractivity contribution in [2.45, 2.75) is 20.3 Å². The van der Waals surface area contributed by atoms with Crippen LogP contribution in [0.3, 0.4) is 0 Å². The van der Waals surface area contributed by atoms with Crippen molar-refractivity contribution in [1.29, 1.82) is 0 Å². The molecule has 0 heterocycles. The number of hydrogen-bond donors (Lipinski definition) is 0. The number of hydrogen-bond acceptors (Lipinski definition) is 3. The van der Waals surface area contributed by atoms with Crippen molar-refractivity contribution in [3.63, 3.8) is 0 Å². The first kappa shape index (κ1) is 11.6. The average Bonchev–Trinajstić information content (AvgIpc) is 1.65. The fraction of sp³-hybridized carbons (Fsp3) is 0.600. The van der Waals surface area contributed by atoms with E-state index in [-0.39, 0.29) is 28.1 Å². The smallest absolute Gasteiger partial charge is 0.313 e. The average molecular weight is 164 g/mol. The van der Waals surface area contributed by atoms with Gasteiger partial charge < -0.3 is 4.74 Å². The Bertz CT molecular complexity index is 111. The minimum absolute atomic E-state index is 0. The molecule has 0 aromatic heterocycles. The van der Waals surface area contributed by atoms with Crippen LogP contribution in [0, 0.1) is 0 Å². The summed E-state index contributed by atoms with van der Waals surface area (Å²) in [7, 11) is 0. The molecule has 9 heavy (non-hydrogen) atoms. The van der Waals surface area contributed by atoms with Gasteiger partial charge in [0.15, 0.2) is 0 Å². The normalized spacial score (nSPS) is 7.33. The first-order valence-electron chi connectivity index (χ1n) is 2.38. The van der Waals surface area contributed by atoms with Gasteiger partial charge in [-0.2, -0.15) is 0 Å². The van der Waals surface area contributed by atoms with E-state index in [1.165, 1.54) is 6.92 Å². The van der Waals surface area contributed by atoms with Gasteiger partial charge in [-0.15, -0.1) is 0 Å². The van der Waals surface area contributed by atoms with E-state index in [4.69, 9.17) is 0 Å². The number of ether oxygens (including phenoxy) is 1. The summed E-state index contributed by atoms with van der Waals surface area (Å²) >= 11 is 0. The third-order valence-electron chi connectivity index (χ3n) is 0.546. The first-order chi connectivity index (χ1) is 3.66. The van der Waals surface area contributed by atoms with Gasteiger partial charge in [-0.3, -0.25) is 9.59 Å². The Morgan fingerprint density at radius 3 is 2.00 bits per heavy atom. The maximum Gasteiger partial charge on any atom is 0.313 e. The quantitative estimate of drug-likeness (QED) is 0.321. The minimum Gasteiger partial charge on any atom is -0.393 e. The fourth-order valence-corrected chi connectivity index (χ4v) is 0.232. The van der Waals surface area contributed by atoms with E-state index in [1.807, 2.05) is 0 Å². The van der Waals surface area contributed by atoms with Gasteiger partial charge >= 0.3 is 11.9 Å². The van der Waals surface area contributed by atoms with E-state index in [1.54, 1.807) is 6.92 Å². The van der Waals surface area contributed by atoms with Gasteiger partial charge in [0, 0.05) is 35.1 Å². The Balaban J connectivity index is 0. The van der Waals surface area contributed by atoms with Gasteiger partial charge in [0.25, 0.3) is 0 Å².